The molecule has 0 radical (unpaired) electrons. The van der Waals surface area contributed by atoms with Crippen molar-refractivity contribution in [3.05, 3.63) is 50.4 Å². The zero-order chi connectivity index (χ0) is 12.6. The molecule has 0 spiro atoms. The summed E-state index contributed by atoms with van der Waals surface area (Å²) in [5.41, 5.74) is 0.715. The summed E-state index contributed by atoms with van der Waals surface area (Å²) in [6.07, 6.45) is 0.486. The molecule has 0 saturated heterocycles. The molecule has 0 aliphatic heterocycles. The van der Waals surface area contributed by atoms with E-state index >= 15 is 0 Å². The third-order valence-electron chi connectivity index (χ3n) is 2.47. The highest BCUT2D eigenvalue weighted by molar-refractivity contribution is 9.10. The lowest BCUT2D eigenvalue weighted by Crippen LogP contribution is -2.09. The molecule has 1 N–H and O–H groups in total. The van der Waals surface area contributed by atoms with Gasteiger partial charge in [0.05, 0.1) is 16.4 Å². The fourth-order valence-corrected chi connectivity index (χ4v) is 2.76. The van der Waals surface area contributed by atoms with Crippen LogP contribution in [0.3, 0.4) is 0 Å². The molecule has 1 heterocycles. The van der Waals surface area contributed by atoms with Crippen LogP contribution in [0.15, 0.2) is 33.3 Å². The second kappa shape index (κ2) is 4.88. The van der Waals surface area contributed by atoms with Crippen LogP contribution in [0, 0.1) is 5.82 Å². The molecule has 0 bridgehead atoms. The van der Waals surface area contributed by atoms with Crippen molar-refractivity contribution >= 4 is 31.9 Å². The molecule has 17 heavy (non-hydrogen) atoms. The van der Waals surface area contributed by atoms with Crippen LogP contribution in [0.4, 0.5) is 4.39 Å². The van der Waals surface area contributed by atoms with Gasteiger partial charge in [0.2, 0.25) is 0 Å². The van der Waals surface area contributed by atoms with Crippen LogP contribution >= 0.6 is 31.9 Å². The van der Waals surface area contributed by atoms with Gasteiger partial charge >= 0.3 is 0 Å². The first-order chi connectivity index (χ1) is 8.02. The minimum absolute atomic E-state index is 0.205. The minimum Gasteiger partial charge on any atom is -0.382 e. The molecule has 0 fully saturated rings. The summed E-state index contributed by atoms with van der Waals surface area (Å²) in [5.74, 6) is -0.458. The molecule has 3 nitrogen and oxygen atoms in total. The summed E-state index contributed by atoms with van der Waals surface area (Å²) in [7, 11) is 1.69. The highest BCUT2D eigenvalue weighted by Gasteiger charge is 2.23. The van der Waals surface area contributed by atoms with Gasteiger partial charge in [-0.25, -0.2) is 4.39 Å². The molecule has 2 aromatic rings. The lowest BCUT2D eigenvalue weighted by molar-refractivity contribution is 0.203. The minimum atomic E-state index is -1.08. The van der Waals surface area contributed by atoms with E-state index in [0.717, 1.165) is 0 Å². The van der Waals surface area contributed by atoms with Crippen molar-refractivity contribution < 1.29 is 9.50 Å². The van der Waals surface area contributed by atoms with Crippen molar-refractivity contribution in [2.45, 2.75) is 6.10 Å². The quantitative estimate of drug-likeness (QED) is 0.889. The van der Waals surface area contributed by atoms with E-state index < -0.39 is 11.9 Å². The molecule has 1 unspecified atom stereocenters. The monoisotopic (exact) mass is 362 g/mol. The first-order valence-electron chi connectivity index (χ1n) is 4.81. The van der Waals surface area contributed by atoms with Crippen molar-refractivity contribution in [1.29, 1.82) is 0 Å². The Labute approximate surface area is 115 Å². The number of benzene rings is 1. The fourth-order valence-electron chi connectivity index (χ4n) is 1.64. The van der Waals surface area contributed by atoms with Crippen molar-refractivity contribution in [2.75, 3.05) is 0 Å². The smallest absolute Gasteiger partial charge is 0.130 e. The highest BCUT2D eigenvalue weighted by atomic mass is 79.9. The van der Waals surface area contributed by atoms with Crippen molar-refractivity contribution in [2.24, 2.45) is 7.05 Å². The fraction of sp³-hybridized carbons (Fsp3) is 0.182. The van der Waals surface area contributed by atoms with Gasteiger partial charge in [0.25, 0.3) is 0 Å². The average Bonchev–Trinajstić information content (AvgIpc) is 2.58. The van der Waals surface area contributed by atoms with Crippen LogP contribution in [0.5, 0.6) is 0 Å². The summed E-state index contributed by atoms with van der Waals surface area (Å²) < 4.78 is 16.4. The lowest BCUT2D eigenvalue weighted by Gasteiger charge is -2.14. The molecule has 0 aliphatic carbocycles. The Hall–Kier alpha value is -0.720. The predicted octanol–water partition coefficient (Wildman–Crippen LogP) is 3.17. The Morgan fingerprint density at radius 2 is 2.06 bits per heavy atom. The van der Waals surface area contributed by atoms with Gasteiger partial charge in [0, 0.05) is 17.1 Å². The van der Waals surface area contributed by atoms with Gasteiger partial charge in [0.15, 0.2) is 0 Å². The zero-order valence-electron chi connectivity index (χ0n) is 8.86. The normalized spacial score (nSPS) is 12.8. The number of halogens is 3. The van der Waals surface area contributed by atoms with E-state index in [4.69, 9.17) is 0 Å². The molecule has 0 saturated carbocycles. The van der Waals surface area contributed by atoms with Crippen LogP contribution < -0.4 is 0 Å². The number of aromatic nitrogens is 2. The van der Waals surface area contributed by atoms with Crippen LogP contribution in [0.1, 0.15) is 17.4 Å². The maximum atomic E-state index is 13.7. The van der Waals surface area contributed by atoms with Crippen LogP contribution in [0.25, 0.3) is 0 Å². The number of rotatable bonds is 2. The average molecular weight is 364 g/mol. The van der Waals surface area contributed by atoms with Gasteiger partial charge in [-0.05, 0) is 28.1 Å². The molecule has 1 atom stereocenters. The van der Waals surface area contributed by atoms with E-state index in [2.05, 4.69) is 37.0 Å². The predicted molar refractivity (Wildman–Crippen MR) is 69.1 cm³/mol. The Morgan fingerprint density at radius 1 is 1.35 bits per heavy atom. The lowest BCUT2D eigenvalue weighted by atomic mass is 10.1. The number of aryl methyl sites for hydroxylation is 1. The molecule has 0 aliphatic rings. The van der Waals surface area contributed by atoms with Gasteiger partial charge in [-0.2, -0.15) is 5.10 Å². The molecular formula is C11H9Br2FN2O. The molecule has 2 rings (SSSR count). The Kier molecular flexibility index (Phi) is 3.65. The van der Waals surface area contributed by atoms with Gasteiger partial charge in [0.1, 0.15) is 11.9 Å². The molecule has 6 heteroatoms. The summed E-state index contributed by atoms with van der Waals surface area (Å²) in [4.78, 5) is 0. The molecule has 90 valence electrons. The summed E-state index contributed by atoms with van der Waals surface area (Å²) in [5, 5.41) is 14.2. The van der Waals surface area contributed by atoms with Crippen molar-refractivity contribution in [3.63, 3.8) is 0 Å². The standard InChI is InChI=1S/C11H9Br2FN2O/c1-16-10(7(13)5-15-16)11(17)9-6(12)3-2-4-8(9)14/h2-5,11,17H,1H3. The molecule has 1 aromatic carbocycles. The maximum Gasteiger partial charge on any atom is 0.130 e. The first kappa shape index (κ1) is 12.7. The summed E-state index contributed by atoms with van der Waals surface area (Å²) in [6, 6.07) is 4.58. The van der Waals surface area contributed by atoms with Gasteiger partial charge < -0.3 is 5.11 Å². The van der Waals surface area contributed by atoms with Gasteiger partial charge in [-0.1, -0.05) is 22.0 Å². The molecule has 1 aromatic heterocycles. The largest absolute Gasteiger partial charge is 0.382 e. The van der Waals surface area contributed by atoms with Crippen LogP contribution in [-0.4, -0.2) is 14.9 Å². The van der Waals surface area contributed by atoms with Gasteiger partial charge in [-0.3, -0.25) is 4.68 Å². The van der Waals surface area contributed by atoms with E-state index in [0.29, 0.717) is 14.6 Å². The van der Waals surface area contributed by atoms with E-state index in [-0.39, 0.29) is 5.56 Å². The van der Waals surface area contributed by atoms with Crippen molar-refractivity contribution in [3.8, 4) is 0 Å². The third-order valence-corrected chi connectivity index (χ3v) is 3.77. The highest BCUT2D eigenvalue weighted by Crippen LogP contribution is 2.33. The third kappa shape index (κ3) is 2.29. The van der Waals surface area contributed by atoms with Crippen LogP contribution in [0.2, 0.25) is 0 Å². The SMILES string of the molecule is Cn1ncc(Br)c1C(O)c1c(F)cccc1Br. The number of aliphatic hydroxyl groups excluding tert-OH is 1. The van der Waals surface area contributed by atoms with Crippen molar-refractivity contribution in [1.82, 2.24) is 9.78 Å². The second-order valence-electron chi connectivity index (χ2n) is 3.54. The number of hydrogen-bond acceptors (Lipinski definition) is 2. The zero-order valence-corrected chi connectivity index (χ0v) is 12.0. The Bertz CT molecular complexity index is 517. The number of aliphatic hydroxyl groups is 1. The van der Waals surface area contributed by atoms with E-state index in [1.807, 2.05) is 0 Å². The molecular weight excluding hydrogens is 355 g/mol. The van der Waals surface area contributed by atoms with Crippen LogP contribution in [-0.2, 0) is 7.05 Å². The van der Waals surface area contributed by atoms with E-state index in [1.54, 1.807) is 25.4 Å². The Morgan fingerprint density at radius 3 is 2.59 bits per heavy atom. The summed E-state index contributed by atoms with van der Waals surface area (Å²) >= 11 is 6.52. The number of nitrogens with zero attached hydrogens (tertiary/aromatic N) is 2. The number of hydrogen-bond donors (Lipinski definition) is 1. The maximum absolute atomic E-state index is 13.7. The van der Waals surface area contributed by atoms with Gasteiger partial charge in [-0.15, -0.1) is 0 Å². The molecule has 0 amide bonds. The first-order valence-corrected chi connectivity index (χ1v) is 6.40. The van der Waals surface area contributed by atoms with E-state index in [9.17, 15) is 9.50 Å². The summed E-state index contributed by atoms with van der Waals surface area (Å²) in [6.45, 7) is 0. The Balaban J connectivity index is 2.55. The van der Waals surface area contributed by atoms with E-state index in [1.165, 1.54) is 10.7 Å². The second-order valence-corrected chi connectivity index (χ2v) is 5.25. The topological polar surface area (TPSA) is 38.0 Å².